The van der Waals surface area contributed by atoms with Gasteiger partial charge in [-0.3, -0.25) is 4.79 Å². The SMILES string of the molecule is Cn1cc2c(=O)cc[nH]c2nc1=S. The lowest BCUT2D eigenvalue weighted by Crippen LogP contribution is -2.05. The molecule has 2 aromatic rings. The van der Waals surface area contributed by atoms with Crippen LogP contribution in [0.2, 0.25) is 0 Å². The molecule has 0 bridgehead atoms. The summed E-state index contributed by atoms with van der Waals surface area (Å²) in [5, 5.41) is 0.554. The van der Waals surface area contributed by atoms with Crippen molar-refractivity contribution in [3.63, 3.8) is 0 Å². The second-order valence-electron chi connectivity index (χ2n) is 2.74. The third-order valence-corrected chi connectivity index (χ3v) is 2.19. The molecule has 2 aromatic heterocycles. The van der Waals surface area contributed by atoms with Gasteiger partial charge in [0.2, 0.25) is 4.77 Å². The summed E-state index contributed by atoms with van der Waals surface area (Å²) < 4.78 is 2.10. The van der Waals surface area contributed by atoms with Crippen molar-refractivity contribution in [3.05, 3.63) is 33.5 Å². The fourth-order valence-corrected chi connectivity index (χ4v) is 1.27. The Morgan fingerprint density at radius 1 is 1.62 bits per heavy atom. The molecule has 2 rings (SSSR count). The number of nitrogens with zero attached hydrogens (tertiary/aromatic N) is 2. The van der Waals surface area contributed by atoms with Gasteiger partial charge in [0.1, 0.15) is 5.65 Å². The Morgan fingerprint density at radius 2 is 2.38 bits per heavy atom. The highest BCUT2D eigenvalue weighted by atomic mass is 32.1. The van der Waals surface area contributed by atoms with Crippen LogP contribution in [0.5, 0.6) is 0 Å². The summed E-state index contributed by atoms with van der Waals surface area (Å²) in [5.41, 5.74) is 0.488. The van der Waals surface area contributed by atoms with E-state index in [0.29, 0.717) is 15.8 Å². The standard InChI is InChI=1S/C8H7N3OS/c1-11-4-5-6(12)2-3-9-7(5)10-8(11)13/h2-4H,1H3,(H,9,10,13). The quantitative estimate of drug-likeness (QED) is 0.635. The van der Waals surface area contributed by atoms with Gasteiger partial charge in [-0.15, -0.1) is 0 Å². The lowest BCUT2D eigenvalue weighted by molar-refractivity contribution is 0.856. The van der Waals surface area contributed by atoms with Crippen molar-refractivity contribution in [2.24, 2.45) is 7.05 Å². The summed E-state index contributed by atoms with van der Waals surface area (Å²) in [4.78, 5) is 18.3. The van der Waals surface area contributed by atoms with Crippen LogP contribution in [0.4, 0.5) is 0 Å². The highest BCUT2D eigenvalue weighted by Crippen LogP contribution is 2.01. The van der Waals surface area contributed by atoms with Gasteiger partial charge >= 0.3 is 0 Å². The van der Waals surface area contributed by atoms with E-state index < -0.39 is 0 Å². The third kappa shape index (κ3) is 1.27. The molecule has 13 heavy (non-hydrogen) atoms. The number of aromatic nitrogens is 3. The third-order valence-electron chi connectivity index (χ3n) is 1.81. The van der Waals surface area contributed by atoms with Crippen molar-refractivity contribution in [2.45, 2.75) is 0 Å². The zero-order valence-electron chi connectivity index (χ0n) is 6.94. The number of hydrogen-bond acceptors (Lipinski definition) is 3. The molecule has 0 aliphatic heterocycles. The van der Waals surface area contributed by atoms with Crippen LogP contribution >= 0.6 is 12.2 Å². The van der Waals surface area contributed by atoms with Crippen LogP contribution in [-0.4, -0.2) is 14.5 Å². The zero-order chi connectivity index (χ0) is 9.42. The Hall–Kier alpha value is -1.49. The van der Waals surface area contributed by atoms with E-state index in [1.807, 2.05) is 0 Å². The molecule has 0 aromatic carbocycles. The Labute approximate surface area is 78.9 Å². The molecule has 0 saturated carbocycles. The van der Waals surface area contributed by atoms with Crippen LogP contribution in [0.15, 0.2) is 23.3 Å². The predicted molar refractivity (Wildman–Crippen MR) is 52.2 cm³/mol. The second-order valence-corrected chi connectivity index (χ2v) is 3.10. The summed E-state index contributed by atoms with van der Waals surface area (Å²) >= 11 is 4.95. The summed E-state index contributed by atoms with van der Waals surface area (Å²) in [6.45, 7) is 0. The molecule has 0 spiro atoms. The van der Waals surface area contributed by atoms with Crippen molar-refractivity contribution >= 4 is 23.3 Å². The largest absolute Gasteiger partial charge is 0.346 e. The van der Waals surface area contributed by atoms with Crippen LogP contribution in [0.3, 0.4) is 0 Å². The van der Waals surface area contributed by atoms with Gasteiger partial charge in [-0.2, -0.15) is 0 Å². The second kappa shape index (κ2) is 2.77. The van der Waals surface area contributed by atoms with Crippen molar-refractivity contribution in [1.82, 2.24) is 14.5 Å². The van der Waals surface area contributed by atoms with Gasteiger partial charge in [-0.05, 0) is 12.2 Å². The molecule has 0 aliphatic rings. The minimum absolute atomic E-state index is 0.0492. The molecule has 0 amide bonds. The molecule has 0 saturated heterocycles. The van der Waals surface area contributed by atoms with Crippen LogP contribution in [-0.2, 0) is 7.05 Å². The summed E-state index contributed by atoms with van der Waals surface area (Å²) in [5.74, 6) is 0. The molecule has 2 heterocycles. The van der Waals surface area contributed by atoms with E-state index in [1.165, 1.54) is 6.07 Å². The number of nitrogens with one attached hydrogen (secondary N) is 1. The smallest absolute Gasteiger partial charge is 0.201 e. The van der Waals surface area contributed by atoms with E-state index in [0.717, 1.165) is 0 Å². The van der Waals surface area contributed by atoms with E-state index in [1.54, 1.807) is 24.0 Å². The minimum atomic E-state index is -0.0492. The van der Waals surface area contributed by atoms with Gasteiger partial charge in [0.15, 0.2) is 5.43 Å². The van der Waals surface area contributed by atoms with Gasteiger partial charge in [-0.25, -0.2) is 4.98 Å². The number of pyridine rings is 1. The maximum Gasteiger partial charge on any atom is 0.201 e. The van der Waals surface area contributed by atoms with E-state index in [-0.39, 0.29) is 5.43 Å². The van der Waals surface area contributed by atoms with E-state index in [9.17, 15) is 4.79 Å². The van der Waals surface area contributed by atoms with Crippen molar-refractivity contribution in [3.8, 4) is 0 Å². The maximum atomic E-state index is 11.3. The molecule has 5 heteroatoms. The van der Waals surface area contributed by atoms with Gasteiger partial charge in [0.25, 0.3) is 0 Å². The number of H-pyrrole nitrogens is 1. The van der Waals surface area contributed by atoms with Crippen LogP contribution < -0.4 is 5.43 Å². The van der Waals surface area contributed by atoms with Crippen LogP contribution in [0.25, 0.3) is 11.0 Å². The number of rotatable bonds is 0. The first-order chi connectivity index (χ1) is 6.18. The minimum Gasteiger partial charge on any atom is -0.346 e. The van der Waals surface area contributed by atoms with E-state index in [4.69, 9.17) is 12.2 Å². The highest BCUT2D eigenvalue weighted by Gasteiger charge is 1.99. The van der Waals surface area contributed by atoms with Crippen LogP contribution in [0.1, 0.15) is 0 Å². The molecule has 0 atom stereocenters. The Bertz CT molecular complexity index is 569. The topological polar surface area (TPSA) is 50.7 Å². The predicted octanol–water partition coefficient (Wildman–Crippen LogP) is 0.991. The average molecular weight is 193 g/mol. The number of aromatic amines is 1. The van der Waals surface area contributed by atoms with Crippen molar-refractivity contribution < 1.29 is 0 Å². The summed E-state index contributed by atoms with van der Waals surface area (Å²) in [6, 6.07) is 1.47. The summed E-state index contributed by atoms with van der Waals surface area (Å²) in [7, 11) is 1.77. The lowest BCUT2D eigenvalue weighted by atomic mass is 10.3. The first-order valence-electron chi connectivity index (χ1n) is 3.73. The van der Waals surface area contributed by atoms with Crippen LogP contribution in [0, 0.1) is 4.77 Å². The molecule has 0 aliphatic carbocycles. The van der Waals surface area contributed by atoms with Gasteiger partial charge < -0.3 is 9.55 Å². The molecule has 0 fully saturated rings. The first kappa shape index (κ1) is 8.12. The van der Waals surface area contributed by atoms with E-state index >= 15 is 0 Å². The average Bonchev–Trinajstić information content (AvgIpc) is 2.09. The van der Waals surface area contributed by atoms with Crippen molar-refractivity contribution in [1.29, 1.82) is 0 Å². The summed E-state index contributed by atoms with van der Waals surface area (Å²) in [6.07, 6.45) is 3.25. The zero-order valence-corrected chi connectivity index (χ0v) is 7.76. The van der Waals surface area contributed by atoms with Gasteiger partial charge in [0.05, 0.1) is 5.39 Å². The Balaban J connectivity index is 3.06. The molecule has 4 nitrogen and oxygen atoms in total. The molecule has 0 unspecified atom stereocenters. The number of aryl methyl sites for hydroxylation is 1. The highest BCUT2D eigenvalue weighted by molar-refractivity contribution is 7.71. The monoisotopic (exact) mass is 193 g/mol. The normalized spacial score (nSPS) is 10.5. The fourth-order valence-electron chi connectivity index (χ4n) is 1.12. The Kier molecular flexibility index (Phi) is 1.73. The van der Waals surface area contributed by atoms with Gasteiger partial charge in [0, 0.05) is 25.5 Å². The lowest BCUT2D eigenvalue weighted by Gasteiger charge is -1.99. The first-order valence-corrected chi connectivity index (χ1v) is 4.14. The molecule has 0 radical (unpaired) electrons. The fraction of sp³-hybridized carbons (Fsp3) is 0.125. The van der Waals surface area contributed by atoms with Crippen molar-refractivity contribution in [2.75, 3.05) is 0 Å². The molecular formula is C8H7N3OS. The van der Waals surface area contributed by atoms with E-state index in [2.05, 4.69) is 9.97 Å². The molecule has 1 N–H and O–H groups in total. The number of hydrogen-bond donors (Lipinski definition) is 1. The maximum absolute atomic E-state index is 11.3. The Morgan fingerprint density at radius 3 is 3.15 bits per heavy atom. The number of fused-ring (bicyclic) bond motifs is 1. The molecule has 66 valence electrons. The molecular weight excluding hydrogens is 186 g/mol. The van der Waals surface area contributed by atoms with Gasteiger partial charge in [-0.1, -0.05) is 0 Å².